The van der Waals surface area contributed by atoms with Crippen LogP contribution in [-0.2, 0) is 9.47 Å². The predicted octanol–water partition coefficient (Wildman–Crippen LogP) is 2.02. The first-order chi connectivity index (χ1) is 8.31. The maximum atomic E-state index is 11.5. The van der Waals surface area contributed by atoms with E-state index in [0.29, 0.717) is 24.3 Å². The van der Waals surface area contributed by atoms with Crippen molar-refractivity contribution in [2.45, 2.75) is 6.92 Å². The van der Waals surface area contributed by atoms with Gasteiger partial charge in [0.05, 0.1) is 6.61 Å². The molecular formula is C12H13NO4. The number of rotatable bonds is 5. The number of aromatic nitrogens is 1. The minimum Gasteiger partial charge on any atom is -0.456 e. The van der Waals surface area contributed by atoms with Crippen molar-refractivity contribution in [1.29, 1.82) is 0 Å². The van der Waals surface area contributed by atoms with Gasteiger partial charge in [0.2, 0.25) is 0 Å². The van der Waals surface area contributed by atoms with Crippen LogP contribution in [0.15, 0.2) is 28.7 Å². The lowest BCUT2D eigenvalue weighted by atomic mass is 10.3. The third kappa shape index (κ3) is 2.82. The van der Waals surface area contributed by atoms with E-state index in [1.165, 1.54) is 0 Å². The highest BCUT2D eigenvalue weighted by atomic mass is 16.6. The summed E-state index contributed by atoms with van der Waals surface area (Å²) in [5.74, 6) is -0.594. The van der Waals surface area contributed by atoms with E-state index in [-0.39, 0.29) is 12.5 Å². The van der Waals surface area contributed by atoms with E-state index in [4.69, 9.17) is 13.9 Å². The van der Waals surface area contributed by atoms with Gasteiger partial charge in [-0.2, -0.15) is 0 Å². The van der Waals surface area contributed by atoms with Gasteiger partial charge in [-0.25, -0.2) is 9.78 Å². The molecule has 0 spiro atoms. The van der Waals surface area contributed by atoms with E-state index >= 15 is 0 Å². The fourth-order valence-corrected chi connectivity index (χ4v) is 1.36. The zero-order valence-electron chi connectivity index (χ0n) is 9.51. The van der Waals surface area contributed by atoms with Gasteiger partial charge in [0.25, 0.3) is 0 Å². The number of hydrogen-bond acceptors (Lipinski definition) is 5. The first kappa shape index (κ1) is 11.6. The number of oxazole rings is 1. The fraction of sp³-hybridized carbons (Fsp3) is 0.333. The molecule has 0 radical (unpaired) electrons. The van der Waals surface area contributed by atoms with Crippen molar-refractivity contribution in [3.05, 3.63) is 30.2 Å². The Balaban J connectivity index is 1.99. The molecule has 0 saturated carbocycles. The number of carbonyl (C=O) groups is 1. The molecule has 0 unspecified atom stereocenters. The van der Waals surface area contributed by atoms with Crippen LogP contribution < -0.4 is 0 Å². The molecule has 1 heterocycles. The fourth-order valence-electron chi connectivity index (χ4n) is 1.36. The van der Waals surface area contributed by atoms with Crippen LogP contribution in [0.4, 0.5) is 0 Å². The Morgan fingerprint density at radius 3 is 2.94 bits per heavy atom. The third-order valence-corrected chi connectivity index (χ3v) is 2.13. The number of benzene rings is 1. The molecule has 2 rings (SSSR count). The Bertz CT molecular complexity index is 473. The van der Waals surface area contributed by atoms with Gasteiger partial charge in [-0.15, -0.1) is 0 Å². The van der Waals surface area contributed by atoms with Gasteiger partial charge in [-0.05, 0) is 19.1 Å². The van der Waals surface area contributed by atoms with Crippen LogP contribution in [0.5, 0.6) is 0 Å². The van der Waals surface area contributed by atoms with Gasteiger partial charge in [-0.3, -0.25) is 0 Å². The van der Waals surface area contributed by atoms with Crippen molar-refractivity contribution < 1.29 is 18.7 Å². The largest absolute Gasteiger partial charge is 0.456 e. The smallest absolute Gasteiger partial charge is 0.394 e. The summed E-state index contributed by atoms with van der Waals surface area (Å²) in [7, 11) is 0. The molecule has 17 heavy (non-hydrogen) atoms. The van der Waals surface area contributed by atoms with E-state index in [2.05, 4.69) is 4.98 Å². The third-order valence-electron chi connectivity index (χ3n) is 2.13. The number of ether oxygens (including phenoxy) is 2. The summed E-state index contributed by atoms with van der Waals surface area (Å²) in [6.07, 6.45) is 0. The highest BCUT2D eigenvalue weighted by Gasteiger charge is 2.15. The van der Waals surface area contributed by atoms with E-state index in [1.54, 1.807) is 12.1 Å². The predicted molar refractivity (Wildman–Crippen MR) is 60.8 cm³/mol. The monoisotopic (exact) mass is 235 g/mol. The molecule has 0 atom stereocenters. The zero-order valence-corrected chi connectivity index (χ0v) is 9.51. The lowest BCUT2D eigenvalue weighted by Crippen LogP contribution is -2.10. The van der Waals surface area contributed by atoms with Crippen LogP contribution >= 0.6 is 0 Å². The van der Waals surface area contributed by atoms with Gasteiger partial charge in [0.1, 0.15) is 12.1 Å². The Hall–Kier alpha value is -1.88. The molecule has 0 N–H and O–H groups in total. The molecule has 1 aromatic carbocycles. The van der Waals surface area contributed by atoms with Crippen molar-refractivity contribution in [2.75, 3.05) is 19.8 Å². The van der Waals surface area contributed by atoms with E-state index in [0.717, 1.165) is 0 Å². The Morgan fingerprint density at radius 1 is 1.35 bits per heavy atom. The molecule has 5 heteroatoms. The molecular weight excluding hydrogens is 222 g/mol. The lowest BCUT2D eigenvalue weighted by molar-refractivity contribution is 0.0299. The summed E-state index contributed by atoms with van der Waals surface area (Å²) >= 11 is 0. The number of carbonyl (C=O) groups excluding carboxylic acids is 1. The summed E-state index contributed by atoms with van der Waals surface area (Å²) < 4.78 is 15.3. The molecule has 0 aliphatic carbocycles. The molecule has 5 nitrogen and oxygen atoms in total. The molecule has 0 aliphatic rings. The molecule has 2 aromatic rings. The van der Waals surface area contributed by atoms with Crippen LogP contribution in [0, 0.1) is 0 Å². The van der Waals surface area contributed by atoms with Gasteiger partial charge < -0.3 is 13.9 Å². The minimum absolute atomic E-state index is 0.0253. The maximum Gasteiger partial charge on any atom is 0.394 e. The van der Waals surface area contributed by atoms with Gasteiger partial charge >= 0.3 is 11.9 Å². The molecule has 0 saturated heterocycles. The van der Waals surface area contributed by atoms with Crippen molar-refractivity contribution >= 4 is 17.1 Å². The number of hydrogen-bond donors (Lipinski definition) is 0. The first-order valence-corrected chi connectivity index (χ1v) is 5.41. The lowest BCUT2D eigenvalue weighted by Gasteiger charge is -2.01. The minimum atomic E-state index is -0.569. The van der Waals surface area contributed by atoms with Crippen molar-refractivity contribution in [1.82, 2.24) is 4.98 Å². The average Bonchev–Trinajstić information content (AvgIpc) is 2.78. The van der Waals surface area contributed by atoms with Gasteiger partial charge in [-0.1, -0.05) is 12.1 Å². The number of fused-ring (bicyclic) bond motifs is 1. The first-order valence-electron chi connectivity index (χ1n) is 5.41. The number of nitrogens with zero attached hydrogens (tertiary/aromatic N) is 1. The van der Waals surface area contributed by atoms with Crippen LogP contribution in [0.1, 0.15) is 17.6 Å². The molecule has 1 aromatic heterocycles. The molecule has 0 aliphatic heterocycles. The second kappa shape index (κ2) is 5.45. The second-order valence-electron chi connectivity index (χ2n) is 3.32. The van der Waals surface area contributed by atoms with Gasteiger partial charge in [0.15, 0.2) is 5.58 Å². The Labute approximate surface area is 98.3 Å². The van der Waals surface area contributed by atoms with Crippen LogP contribution in [0.25, 0.3) is 11.1 Å². The molecule has 0 amide bonds. The Kier molecular flexibility index (Phi) is 3.72. The molecule has 0 fully saturated rings. The number of para-hydroxylation sites is 2. The molecule has 0 bridgehead atoms. The van der Waals surface area contributed by atoms with E-state index in [1.807, 2.05) is 19.1 Å². The van der Waals surface area contributed by atoms with Crippen molar-refractivity contribution in [3.8, 4) is 0 Å². The van der Waals surface area contributed by atoms with E-state index < -0.39 is 5.97 Å². The average molecular weight is 235 g/mol. The highest BCUT2D eigenvalue weighted by molar-refractivity contribution is 5.88. The quantitative estimate of drug-likeness (QED) is 0.586. The maximum absolute atomic E-state index is 11.5. The summed E-state index contributed by atoms with van der Waals surface area (Å²) in [5, 5.41) is 0. The summed E-state index contributed by atoms with van der Waals surface area (Å²) in [4.78, 5) is 15.6. The standard InChI is InChI=1S/C12H13NO4/c1-2-15-7-8-16-12(14)11-13-9-5-3-4-6-10(9)17-11/h3-6H,2,7-8H2,1H3. The SMILES string of the molecule is CCOCCOC(=O)c1nc2ccccc2o1. The van der Waals surface area contributed by atoms with Crippen LogP contribution in [-0.4, -0.2) is 30.8 Å². The zero-order chi connectivity index (χ0) is 12.1. The van der Waals surface area contributed by atoms with E-state index in [9.17, 15) is 4.79 Å². The van der Waals surface area contributed by atoms with Gasteiger partial charge in [0, 0.05) is 6.61 Å². The Morgan fingerprint density at radius 2 is 2.18 bits per heavy atom. The van der Waals surface area contributed by atoms with Crippen molar-refractivity contribution in [3.63, 3.8) is 0 Å². The number of esters is 1. The summed E-state index contributed by atoms with van der Waals surface area (Å²) in [6.45, 7) is 3.05. The van der Waals surface area contributed by atoms with Crippen molar-refractivity contribution in [2.24, 2.45) is 0 Å². The second-order valence-corrected chi connectivity index (χ2v) is 3.32. The normalized spacial score (nSPS) is 10.6. The highest BCUT2D eigenvalue weighted by Crippen LogP contribution is 2.15. The summed E-state index contributed by atoms with van der Waals surface area (Å²) in [6, 6.07) is 7.17. The topological polar surface area (TPSA) is 61.6 Å². The van der Waals surface area contributed by atoms with Crippen LogP contribution in [0.3, 0.4) is 0 Å². The summed E-state index contributed by atoms with van der Waals surface area (Å²) in [5.41, 5.74) is 1.22. The van der Waals surface area contributed by atoms with Crippen LogP contribution in [0.2, 0.25) is 0 Å². The molecule has 90 valence electrons.